The number of benzene rings is 2. The van der Waals surface area contributed by atoms with Crippen LogP contribution in [0.4, 0.5) is 18.0 Å². The SMILES string of the molecule is CC(C)(C)OC(=O)N1CC(N)CC1c1nc2cccc(Cl)c2c(=O)n1-c1cc(F)cc(C(F)F)c1. The van der Waals surface area contributed by atoms with E-state index in [1.165, 1.54) is 11.0 Å². The first-order valence-electron chi connectivity index (χ1n) is 10.9. The van der Waals surface area contributed by atoms with Gasteiger partial charge < -0.3 is 10.5 Å². The summed E-state index contributed by atoms with van der Waals surface area (Å²) in [5, 5.41) is 0.129. The molecule has 2 aromatic carbocycles. The Hall–Kier alpha value is -3.11. The zero-order valence-electron chi connectivity index (χ0n) is 19.3. The molecule has 1 saturated heterocycles. The average Bonchev–Trinajstić information content (AvgIpc) is 3.13. The van der Waals surface area contributed by atoms with E-state index >= 15 is 0 Å². The van der Waals surface area contributed by atoms with Gasteiger partial charge in [-0.3, -0.25) is 14.3 Å². The van der Waals surface area contributed by atoms with Gasteiger partial charge in [-0.25, -0.2) is 22.9 Å². The minimum atomic E-state index is -2.97. The number of likely N-dealkylation sites (tertiary alicyclic amines) is 1. The van der Waals surface area contributed by atoms with E-state index < -0.39 is 47.1 Å². The van der Waals surface area contributed by atoms with E-state index in [-0.39, 0.29) is 40.4 Å². The van der Waals surface area contributed by atoms with Crippen molar-refractivity contribution in [1.82, 2.24) is 14.5 Å². The minimum Gasteiger partial charge on any atom is -0.444 e. The second kappa shape index (κ2) is 9.16. The van der Waals surface area contributed by atoms with E-state index in [4.69, 9.17) is 22.1 Å². The summed E-state index contributed by atoms with van der Waals surface area (Å²) in [5.41, 5.74) is 4.14. The van der Waals surface area contributed by atoms with Crippen LogP contribution in [0.5, 0.6) is 0 Å². The van der Waals surface area contributed by atoms with Gasteiger partial charge in [0.2, 0.25) is 0 Å². The van der Waals surface area contributed by atoms with Crippen molar-refractivity contribution >= 4 is 28.6 Å². The molecule has 1 fully saturated rings. The first-order valence-corrected chi connectivity index (χ1v) is 11.3. The van der Waals surface area contributed by atoms with Gasteiger partial charge in [-0.15, -0.1) is 0 Å². The van der Waals surface area contributed by atoms with Crippen LogP contribution < -0.4 is 11.3 Å². The van der Waals surface area contributed by atoms with Crippen LogP contribution in [0.25, 0.3) is 16.6 Å². The fourth-order valence-corrected chi connectivity index (χ4v) is 4.42. The predicted molar refractivity (Wildman–Crippen MR) is 126 cm³/mol. The van der Waals surface area contributed by atoms with Crippen LogP contribution in [-0.4, -0.2) is 38.7 Å². The zero-order chi connectivity index (χ0) is 25.7. The maximum Gasteiger partial charge on any atom is 0.410 e. The molecule has 0 bridgehead atoms. The minimum absolute atomic E-state index is 0.0342. The third-order valence-electron chi connectivity index (χ3n) is 5.55. The van der Waals surface area contributed by atoms with Crippen molar-refractivity contribution in [2.45, 2.75) is 51.3 Å². The van der Waals surface area contributed by atoms with Crippen LogP contribution >= 0.6 is 11.6 Å². The van der Waals surface area contributed by atoms with Gasteiger partial charge in [-0.05, 0) is 57.5 Å². The van der Waals surface area contributed by atoms with Gasteiger partial charge in [-0.2, -0.15) is 0 Å². The summed E-state index contributed by atoms with van der Waals surface area (Å²) in [5.74, 6) is -0.920. The monoisotopic (exact) mass is 508 g/mol. The van der Waals surface area contributed by atoms with Crippen molar-refractivity contribution < 1.29 is 22.7 Å². The van der Waals surface area contributed by atoms with Gasteiger partial charge in [0.15, 0.2) is 0 Å². The van der Waals surface area contributed by atoms with Crippen LogP contribution in [0.15, 0.2) is 41.2 Å². The first kappa shape index (κ1) is 25.0. The quantitative estimate of drug-likeness (QED) is 0.530. The summed E-state index contributed by atoms with van der Waals surface area (Å²) in [6.07, 6.45) is -3.43. The first-order chi connectivity index (χ1) is 16.4. The van der Waals surface area contributed by atoms with Crippen LogP contribution in [0.2, 0.25) is 5.02 Å². The highest BCUT2D eigenvalue weighted by atomic mass is 35.5. The van der Waals surface area contributed by atoms with Crippen molar-refractivity contribution in [2.24, 2.45) is 5.73 Å². The molecule has 2 atom stereocenters. The summed E-state index contributed by atoms with van der Waals surface area (Å²) < 4.78 is 47.8. The van der Waals surface area contributed by atoms with Crippen LogP contribution in [0, 0.1) is 5.82 Å². The van der Waals surface area contributed by atoms with E-state index in [0.717, 1.165) is 16.7 Å². The molecule has 0 radical (unpaired) electrons. The van der Waals surface area contributed by atoms with Crippen molar-refractivity contribution in [3.05, 3.63) is 69.0 Å². The highest BCUT2D eigenvalue weighted by molar-refractivity contribution is 6.35. The Morgan fingerprint density at radius 1 is 1.26 bits per heavy atom. The normalized spacial score (nSPS) is 18.5. The number of halogens is 4. The van der Waals surface area contributed by atoms with Crippen molar-refractivity contribution in [3.63, 3.8) is 0 Å². The number of nitrogens with two attached hydrogens (primary N) is 1. The topological polar surface area (TPSA) is 90.5 Å². The number of fused-ring (bicyclic) bond motifs is 1. The summed E-state index contributed by atoms with van der Waals surface area (Å²) in [7, 11) is 0. The predicted octanol–water partition coefficient (Wildman–Crippen LogP) is 5.13. The molecular formula is C24H24ClF3N4O3. The van der Waals surface area contributed by atoms with Crippen LogP contribution in [-0.2, 0) is 4.74 Å². The van der Waals surface area contributed by atoms with Gasteiger partial charge in [0.05, 0.1) is 27.7 Å². The van der Waals surface area contributed by atoms with Crippen LogP contribution in [0.3, 0.4) is 0 Å². The Kier molecular flexibility index (Phi) is 6.54. The number of hydrogen-bond acceptors (Lipinski definition) is 5. The molecule has 4 rings (SSSR count). The molecular weight excluding hydrogens is 485 g/mol. The van der Waals surface area contributed by atoms with Gasteiger partial charge in [0.25, 0.3) is 12.0 Å². The number of hydrogen-bond donors (Lipinski definition) is 1. The van der Waals surface area contributed by atoms with Crippen molar-refractivity contribution in [3.8, 4) is 5.69 Å². The third-order valence-corrected chi connectivity index (χ3v) is 5.86. The van der Waals surface area contributed by atoms with Gasteiger partial charge in [0, 0.05) is 18.2 Å². The van der Waals surface area contributed by atoms with Crippen molar-refractivity contribution in [1.29, 1.82) is 0 Å². The van der Waals surface area contributed by atoms with E-state index in [1.54, 1.807) is 32.9 Å². The molecule has 11 heteroatoms. The molecule has 186 valence electrons. The second-order valence-electron chi connectivity index (χ2n) is 9.43. The third kappa shape index (κ3) is 4.99. The summed E-state index contributed by atoms with van der Waals surface area (Å²) >= 11 is 6.27. The number of alkyl halides is 2. The lowest BCUT2D eigenvalue weighted by Crippen LogP contribution is -2.39. The lowest BCUT2D eigenvalue weighted by Gasteiger charge is -2.29. The lowest BCUT2D eigenvalue weighted by molar-refractivity contribution is 0.0215. The number of aromatic nitrogens is 2. The summed E-state index contributed by atoms with van der Waals surface area (Å²) in [6, 6.07) is 6.02. The van der Waals surface area contributed by atoms with Crippen molar-refractivity contribution in [2.75, 3.05) is 6.54 Å². The zero-order valence-corrected chi connectivity index (χ0v) is 20.0. The van der Waals surface area contributed by atoms with Gasteiger partial charge in [-0.1, -0.05) is 17.7 Å². The lowest BCUT2D eigenvalue weighted by atomic mass is 10.1. The van der Waals surface area contributed by atoms with E-state index in [2.05, 4.69) is 4.98 Å². The van der Waals surface area contributed by atoms with Gasteiger partial charge >= 0.3 is 6.09 Å². The smallest absolute Gasteiger partial charge is 0.410 e. The average molecular weight is 509 g/mol. The Balaban J connectivity index is 1.99. The fourth-order valence-electron chi connectivity index (χ4n) is 4.17. The maximum atomic E-state index is 14.4. The Bertz CT molecular complexity index is 1360. The Labute approximate surface area is 204 Å². The molecule has 7 nitrogen and oxygen atoms in total. The summed E-state index contributed by atoms with van der Waals surface area (Å²) in [4.78, 5) is 32.6. The molecule has 1 aromatic heterocycles. The number of carbonyl (C=O) groups excluding carboxylic acids is 1. The molecule has 2 unspecified atom stereocenters. The largest absolute Gasteiger partial charge is 0.444 e. The molecule has 3 aromatic rings. The molecule has 2 N–H and O–H groups in total. The molecule has 0 aliphatic carbocycles. The maximum absolute atomic E-state index is 14.4. The highest BCUT2D eigenvalue weighted by Gasteiger charge is 2.40. The molecule has 1 amide bonds. The Morgan fingerprint density at radius 3 is 2.63 bits per heavy atom. The second-order valence-corrected chi connectivity index (χ2v) is 9.84. The van der Waals surface area contributed by atoms with E-state index in [1.807, 2.05) is 0 Å². The molecule has 0 spiro atoms. The van der Waals surface area contributed by atoms with E-state index in [9.17, 15) is 22.8 Å². The standard InChI is InChI=1S/C24H24ClF3N4O3/c1-24(2,3)35-23(34)31-11-14(29)10-18(31)21-30-17-6-4-5-16(25)19(17)22(33)32(21)15-8-12(20(27)28)7-13(26)9-15/h4-9,14,18,20H,10-11,29H2,1-3H3. The van der Waals surface area contributed by atoms with Crippen LogP contribution in [0.1, 0.15) is 51.0 Å². The fraction of sp³-hybridized carbons (Fsp3) is 0.375. The molecule has 1 aliphatic heterocycles. The molecule has 2 heterocycles. The molecule has 0 saturated carbocycles. The summed E-state index contributed by atoms with van der Waals surface area (Å²) in [6.45, 7) is 5.25. The van der Waals surface area contributed by atoms with Gasteiger partial charge in [0.1, 0.15) is 17.2 Å². The Morgan fingerprint density at radius 2 is 1.97 bits per heavy atom. The number of ether oxygens (including phenoxy) is 1. The highest BCUT2D eigenvalue weighted by Crippen LogP contribution is 2.34. The number of rotatable bonds is 3. The molecule has 35 heavy (non-hydrogen) atoms. The number of carbonyl (C=O) groups is 1. The van der Waals surface area contributed by atoms with E-state index in [0.29, 0.717) is 6.07 Å². The number of amides is 1. The molecule has 1 aliphatic rings. The number of nitrogens with zero attached hydrogens (tertiary/aromatic N) is 3.